The molecule has 2 nitrogen and oxygen atoms in total. The van der Waals surface area contributed by atoms with Gasteiger partial charge in [0.15, 0.2) is 0 Å². The minimum atomic E-state index is -0.730. The van der Waals surface area contributed by atoms with Gasteiger partial charge in [-0.3, -0.25) is 4.21 Å². The van der Waals surface area contributed by atoms with E-state index in [9.17, 15) is 4.21 Å². The molecule has 1 aliphatic carbocycles. The lowest BCUT2D eigenvalue weighted by molar-refractivity contribution is 0.477. The van der Waals surface area contributed by atoms with Crippen LogP contribution in [0.4, 0.5) is 0 Å². The molecule has 0 aliphatic heterocycles. The second-order valence-corrected chi connectivity index (χ2v) is 7.04. The number of halogens is 1. The van der Waals surface area contributed by atoms with Gasteiger partial charge < -0.3 is 5.32 Å². The molecule has 0 aromatic heterocycles. The molecule has 0 radical (unpaired) electrons. The molecular formula is C13H18BrNOS. The first-order valence-electron chi connectivity index (χ1n) is 5.91. The molecule has 17 heavy (non-hydrogen) atoms. The monoisotopic (exact) mass is 315 g/mol. The summed E-state index contributed by atoms with van der Waals surface area (Å²) in [6.45, 7) is 2.11. The topological polar surface area (TPSA) is 29.1 Å². The Morgan fingerprint density at radius 3 is 3.06 bits per heavy atom. The molecule has 0 fully saturated rings. The first-order chi connectivity index (χ1) is 8.08. The Morgan fingerprint density at radius 1 is 1.59 bits per heavy atom. The molecular weight excluding hydrogens is 298 g/mol. The summed E-state index contributed by atoms with van der Waals surface area (Å²) in [4.78, 5) is 0. The summed E-state index contributed by atoms with van der Waals surface area (Å²) in [5.74, 6) is 0.722. The van der Waals surface area contributed by atoms with Gasteiger partial charge in [-0.2, -0.15) is 0 Å². The van der Waals surface area contributed by atoms with Gasteiger partial charge in [-0.05, 0) is 37.0 Å². The quantitative estimate of drug-likeness (QED) is 0.925. The summed E-state index contributed by atoms with van der Waals surface area (Å²) in [7, 11) is -0.730. The molecule has 3 atom stereocenters. The van der Waals surface area contributed by atoms with Crippen LogP contribution in [-0.4, -0.2) is 22.3 Å². The van der Waals surface area contributed by atoms with Crippen LogP contribution in [0.1, 0.15) is 30.5 Å². The SMILES string of the molecule is CC(CS(C)=O)NC1CCc2c(Br)cccc21. The second-order valence-electron chi connectivity index (χ2n) is 4.71. The van der Waals surface area contributed by atoms with Crippen molar-refractivity contribution in [3.05, 3.63) is 33.8 Å². The molecule has 0 amide bonds. The van der Waals surface area contributed by atoms with Crippen LogP contribution >= 0.6 is 15.9 Å². The standard InChI is InChI=1S/C13H18BrNOS/c1-9(8-17(2)16)15-13-7-6-10-11(13)4-3-5-12(10)14/h3-5,9,13,15H,6-8H2,1-2H3. The zero-order valence-electron chi connectivity index (χ0n) is 10.2. The fraction of sp³-hybridized carbons (Fsp3) is 0.538. The van der Waals surface area contributed by atoms with E-state index in [-0.39, 0.29) is 0 Å². The molecule has 0 bridgehead atoms. The number of fused-ring (bicyclic) bond motifs is 1. The highest BCUT2D eigenvalue weighted by molar-refractivity contribution is 9.10. The third kappa shape index (κ3) is 3.18. The number of nitrogens with one attached hydrogen (secondary N) is 1. The van der Waals surface area contributed by atoms with Gasteiger partial charge >= 0.3 is 0 Å². The number of benzene rings is 1. The zero-order chi connectivity index (χ0) is 12.4. The van der Waals surface area contributed by atoms with E-state index in [1.165, 1.54) is 15.6 Å². The van der Waals surface area contributed by atoms with E-state index in [0.29, 0.717) is 12.1 Å². The summed E-state index contributed by atoms with van der Waals surface area (Å²) in [6, 6.07) is 7.11. The Morgan fingerprint density at radius 2 is 2.35 bits per heavy atom. The van der Waals surface area contributed by atoms with Crippen molar-refractivity contribution in [1.29, 1.82) is 0 Å². The average Bonchev–Trinajstić information content (AvgIpc) is 2.62. The van der Waals surface area contributed by atoms with Crippen molar-refractivity contribution in [2.75, 3.05) is 12.0 Å². The number of hydrogen-bond donors (Lipinski definition) is 1. The van der Waals surface area contributed by atoms with Crippen LogP contribution in [-0.2, 0) is 17.2 Å². The van der Waals surface area contributed by atoms with Crippen LogP contribution < -0.4 is 5.32 Å². The minimum absolute atomic E-state index is 0.302. The summed E-state index contributed by atoms with van der Waals surface area (Å²) >= 11 is 3.60. The maximum atomic E-state index is 11.2. The molecule has 0 heterocycles. The van der Waals surface area contributed by atoms with Gasteiger partial charge in [0.2, 0.25) is 0 Å². The fourth-order valence-electron chi connectivity index (χ4n) is 2.53. The zero-order valence-corrected chi connectivity index (χ0v) is 12.6. The van der Waals surface area contributed by atoms with Crippen LogP contribution in [0.5, 0.6) is 0 Å². The minimum Gasteiger partial charge on any atom is -0.307 e. The first kappa shape index (κ1) is 13.2. The van der Waals surface area contributed by atoms with E-state index in [1.54, 1.807) is 6.26 Å². The molecule has 1 aromatic carbocycles. The molecule has 0 saturated heterocycles. The Bertz CT molecular complexity index is 435. The van der Waals surface area contributed by atoms with Crippen molar-refractivity contribution < 1.29 is 4.21 Å². The summed E-state index contributed by atoms with van der Waals surface area (Å²) in [5, 5.41) is 3.58. The van der Waals surface area contributed by atoms with Crippen molar-refractivity contribution in [2.45, 2.75) is 31.8 Å². The molecule has 2 rings (SSSR count). The molecule has 0 spiro atoms. The first-order valence-corrected chi connectivity index (χ1v) is 8.43. The van der Waals surface area contributed by atoms with Crippen LogP contribution in [0, 0.1) is 0 Å². The Balaban J connectivity index is 2.07. The van der Waals surface area contributed by atoms with E-state index in [4.69, 9.17) is 0 Å². The van der Waals surface area contributed by atoms with Crippen LogP contribution in [0.2, 0.25) is 0 Å². The van der Waals surface area contributed by atoms with Crippen LogP contribution in [0.15, 0.2) is 22.7 Å². The normalized spacial score (nSPS) is 22.2. The van der Waals surface area contributed by atoms with Gasteiger partial charge in [0.05, 0.1) is 0 Å². The van der Waals surface area contributed by atoms with Crippen molar-refractivity contribution in [1.82, 2.24) is 5.32 Å². The average molecular weight is 316 g/mol. The summed E-state index contributed by atoms with van der Waals surface area (Å²) < 4.78 is 12.4. The van der Waals surface area contributed by atoms with Gasteiger partial charge in [0.25, 0.3) is 0 Å². The molecule has 3 unspecified atom stereocenters. The predicted molar refractivity (Wildman–Crippen MR) is 76.7 cm³/mol. The van der Waals surface area contributed by atoms with Crippen LogP contribution in [0.3, 0.4) is 0 Å². The van der Waals surface area contributed by atoms with E-state index in [1.807, 2.05) is 0 Å². The van der Waals surface area contributed by atoms with Gasteiger partial charge in [0.1, 0.15) is 0 Å². The Hall–Kier alpha value is -0.190. The fourth-order valence-corrected chi connectivity index (χ4v) is 3.91. The third-order valence-electron chi connectivity index (χ3n) is 3.18. The van der Waals surface area contributed by atoms with Crippen molar-refractivity contribution in [3.63, 3.8) is 0 Å². The lowest BCUT2D eigenvalue weighted by Gasteiger charge is -2.19. The van der Waals surface area contributed by atoms with Crippen molar-refractivity contribution >= 4 is 26.7 Å². The molecule has 1 aromatic rings. The van der Waals surface area contributed by atoms with Gasteiger partial charge in [0, 0.05) is 39.4 Å². The second kappa shape index (κ2) is 5.63. The molecule has 0 saturated carbocycles. The van der Waals surface area contributed by atoms with Gasteiger partial charge in [-0.25, -0.2) is 0 Å². The lowest BCUT2D eigenvalue weighted by atomic mass is 10.1. The maximum absolute atomic E-state index is 11.2. The maximum Gasteiger partial charge on any atom is 0.0383 e. The third-order valence-corrected chi connectivity index (χ3v) is 4.90. The van der Waals surface area contributed by atoms with E-state index in [2.05, 4.69) is 46.4 Å². The van der Waals surface area contributed by atoms with Gasteiger partial charge in [-0.1, -0.05) is 28.1 Å². The van der Waals surface area contributed by atoms with Gasteiger partial charge in [-0.15, -0.1) is 0 Å². The number of hydrogen-bond acceptors (Lipinski definition) is 2. The Kier molecular flexibility index (Phi) is 4.39. The predicted octanol–water partition coefficient (Wildman–Crippen LogP) is 2.79. The molecule has 1 aliphatic rings. The highest BCUT2D eigenvalue weighted by atomic mass is 79.9. The smallest absolute Gasteiger partial charge is 0.0383 e. The largest absolute Gasteiger partial charge is 0.307 e. The lowest BCUT2D eigenvalue weighted by Crippen LogP contribution is -2.33. The van der Waals surface area contributed by atoms with E-state index in [0.717, 1.165) is 18.6 Å². The van der Waals surface area contributed by atoms with Crippen LogP contribution in [0.25, 0.3) is 0 Å². The van der Waals surface area contributed by atoms with E-state index >= 15 is 0 Å². The summed E-state index contributed by atoms with van der Waals surface area (Å²) in [6.07, 6.45) is 4.02. The van der Waals surface area contributed by atoms with Crippen molar-refractivity contribution in [2.24, 2.45) is 0 Å². The number of rotatable bonds is 4. The van der Waals surface area contributed by atoms with E-state index < -0.39 is 10.8 Å². The highest BCUT2D eigenvalue weighted by Gasteiger charge is 2.24. The Labute approximate surface area is 114 Å². The van der Waals surface area contributed by atoms with Crippen molar-refractivity contribution in [3.8, 4) is 0 Å². The summed E-state index contributed by atoms with van der Waals surface area (Å²) in [5.41, 5.74) is 2.82. The molecule has 4 heteroatoms. The molecule has 1 N–H and O–H groups in total. The highest BCUT2D eigenvalue weighted by Crippen LogP contribution is 2.35. The molecule has 94 valence electrons.